The van der Waals surface area contributed by atoms with Gasteiger partial charge in [0.1, 0.15) is 0 Å². The van der Waals surface area contributed by atoms with Crippen molar-refractivity contribution in [1.82, 2.24) is 0 Å². The fourth-order valence-corrected chi connectivity index (χ4v) is 2.48. The van der Waals surface area contributed by atoms with Crippen LogP contribution in [0.15, 0.2) is 23.1 Å². The number of sulfone groups is 1. The van der Waals surface area contributed by atoms with E-state index in [-0.39, 0.29) is 0 Å². The molecule has 0 amide bonds. The molecule has 0 bridgehead atoms. The number of aryl methyl sites for hydroxylation is 1. The van der Waals surface area contributed by atoms with E-state index < -0.39 is 9.84 Å². The second-order valence-electron chi connectivity index (χ2n) is 4.65. The zero-order valence-electron chi connectivity index (χ0n) is 10.4. The van der Waals surface area contributed by atoms with Gasteiger partial charge in [0.05, 0.1) is 4.90 Å². The minimum atomic E-state index is -3.09. The number of benzene rings is 1. The molecule has 0 spiro atoms. The molecule has 0 aliphatic carbocycles. The van der Waals surface area contributed by atoms with Gasteiger partial charge in [0.25, 0.3) is 0 Å². The molecule has 16 heavy (non-hydrogen) atoms. The number of rotatable bonds is 4. The molecule has 2 nitrogen and oxygen atoms in total. The summed E-state index contributed by atoms with van der Waals surface area (Å²) in [5, 5.41) is 0. The fourth-order valence-electron chi connectivity index (χ4n) is 1.81. The molecule has 1 aromatic carbocycles. The van der Waals surface area contributed by atoms with E-state index in [0.717, 1.165) is 12.8 Å². The lowest BCUT2D eigenvalue weighted by molar-refractivity contribution is 0.600. The summed E-state index contributed by atoms with van der Waals surface area (Å²) in [4.78, 5) is 0.431. The quantitative estimate of drug-likeness (QED) is 0.811. The first-order chi connectivity index (χ1) is 7.34. The highest BCUT2D eigenvalue weighted by molar-refractivity contribution is 7.90. The van der Waals surface area contributed by atoms with Crippen molar-refractivity contribution < 1.29 is 8.42 Å². The zero-order chi connectivity index (χ0) is 12.3. The molecule has 1 aromatic rings. The summed E-state index contributed by atoms with van der Waals surface area (Å²) in [6.45, 7) is 6.39. The summed E-state index contributed by atoms with van der Waals surface area (Å²) in [6, 6.07) is 5.47. The Morgan fingerprint density at radius 2 is 1.81 bits per heavy atom. The normalized spacial score (nSPS) is 12.1. The molecule has 0 fully saturated rings. The molecule has 0 aromatic heterocycles. The van der Waals surface area contributed by atoms with Crippen LogP contribution < -0.4 is 0 Å². The van der Waals surface area contributed by atoms with Gasteiger partial charge in [-0.3, -0.25) is 0 Å². The first-order valence-corrected chi connectivity index (χ1v) is 7.55. The van der Waals surface area contributed by atoms with E-state index in [0.29, 0.717) is 10.8 Å². The van der Waals surface area contributed by atoms with E-state index in [2.05, 4.69) is 20.8 Å². The highest BCUT2D eigenvalue weighted by Crippen LogP contribution is 2.19. The maximum Gasteiger partial charge on any atom is 0.175 e. The Hall–Kier alpha value is -0.830. The highest BCUT2D eigenvalue weighted by atomic mass is 32.2. The van der Waals surface area contributed by atoms with E-state index in [1.165, 1.54) is 17.4 Å². The summed E-state index contributed by atoms with van der Waals surface area (Å²) in [5.74, 6) is 0.542. The fraction of sp³-hybridized carbons (Fsp3) is 0.538. The van der Waals surface area contributed by atoms with Gasteiger partial charge in [0.2, 0.25) is 0 Å². The van der Waals surface area contributed by atoms with Gasteiger partial charge < -0.3 is 0 Å². The Balaban J connectivity index is 3.21. The van der Waals surface area contributed by atoms with Crippen molar-refractivity contribution in [2.24, 2.45) is 5.92 Å². The second-order valence-corrected chi connectivity index (χ2v) is 6.67. The Morgan fingerprint density at radius 3 is 2.25 bits per heavy atom. The molecule has 1 rings (SSSR count). The summed E-state index contributed by atoms with van der Waals surface area (Å²) >= 11 is 0. The second kappa shape index (κ2) is 5.00. The first-order valence-electron chi connectivity index (χ1n) is 5.66. The number of hydrogen-bond acceptors (Lipinski definition) is 2. The van der Waals surface area contributed by atoms with E-state index in [1.807, 2.05) is 12.1 Å². The number of hydrogen-bond donors (Lipinski definition) is 0. The standard InChI is InChI=1S/C13H20O2S/c1-5-11-6-7-13(16(4,14)15)9-12(11)8-10(2)3/h6-7,9-10H,5,8H2,1-4H3. The smallest absolute Gasteiger partial charge is 0.175 e. The van der Waals surface area contributed by atoms with Crippen LogP contribution in [0.25, 0.3) is 0 Å². The molecule has 0 aliphatic rings. The van der Waals surface area contributed by atoms with Crippen LogP contribution in [0.4, 0.5) is 0 Å². The SMILES string of the molecule is CCc1ccc(S(C)(=O)=O)cc1CC(C)C. The van der Waals surface area contributed by atoms with Gasteiger partial charge in [-0.2, -0.15) is 0 Å². The van der Waals surface area contributed by atoms with Crippen LogP contribution in [0.5, 0.6) is 0 Å². The van der Waals surface area contributed by atoms with Crippen LogP contribution in [0.1, 0.15) is 31.9 Å². The van der Waals surface area contributed by atoms with Crippen molar-refractivity contribution in [3.05, 3.63) is 29.3 Å². The lowest BCUT2D eigenvalue weighted by Gasteiger charge is -2.11. The van der Waals surface area contributed by atoms with E-state index in [1.54, 1.807) is 6.07 Å². The maximum atomic E-state index is 11.5. The van der Waals surface area contributed by atoms with Gasteiger partial charge in [-0.15, -0.1) is 0 Å². The molecule has 90 valence electrons. The van der Waals surface area contributed by atoms with Crippen LogP contribution in [0, 0.1) is 5.92 Å². The molecule has 0 radical (unpaired) electrons. The highest BCUT2D eigenvalue weighted by Gasteiger charge is 2.11. The van der Waals surface area contributed by atoms with Gasteiger partial charge in [-0.1, -0.05) is 26.8 Å². The van der Waals surface area contributed by atoms with Gasteiger partial charge in [-0.05, 0) is 42.0 Å². The van der Waals surface area contributed by atoms with Crippen LogP contribution in [-0.2, 0) is 22.7 Å². The van der Waals surface area contributed by atoms with E-state index >= 15 is 0 Å². The average Bonchev–Trinajstić information content (AvgIpc) is 2.15. The molecule has 0 atom stereocenters. The lowest BCUT2D eigenvalue weighted by atomic mass is 9.97. The Bertz CT molecular complexity index is 459. The summed E-state index contributed by atoms with van der Waals surface area (Å²) < 4.78 is 22.9. The van der Waals surface area contributed by atoms with Gasteiger partial charge >= 0.3 is 0 Å². The third-order valence-corrected chi connectivity index (χ3v) is 3.73. The van der Waals surface area contributed by atoms with Crippen molar-refractivity contribution in [1.29, 1.82) is 0 Å². The molecule has 0 unspecified atom stereocenters. The average molecular weight is 240 g/mol. The Morgan fingerprint density at radius 1 is 1.19 bits per heavy atom. The van der Waals surface area contributed by atoms with E-state index in [4.69, 9.17) is 0 Å². The van der Waals surface area contributed by atoms with Crippen LogP contribution in [-0.4, -0.2) is 14.7 Å². The molecule has 0 saturated heterocycles. The Kier molecular flexibility index (Phi) is 4.14. The molecular weight excluding hydrogens is 220 g/mol. The van der Waals surface area contributed by atoms with Crippen molar-refractivity contribution in [2.45, 2.75) is 38.5 Å². The minimum Gasteiger partial charge on any atom is -0.224 e. The molecule has 0 saturated carbocycles. The van der Waals surface area contributed by atoms with Gasteiger partial charge in [-0.25, -0.2) is 8.42 Å². The van der Waals surface area contributed by atoms with Crippen LogP contribution in [0.2, 0.25) is 0 Å². The predicted octanol–water partition coefficient (Wildman–Crippen LogP) is 2.85. The van der Waals surface area contributed by atoms with Crippen molar-refractivity contribution in [3.8, 4) is 0 Å². The van der Waals surface area contributed by atoms with Gasteiger partial charge in [0.15, 0.2) is 9.84 Å². The summed E-state index contributed by atoms with van der Waals surface area (Å²) in [6.07, 6.45) is 3.14. The van der Waals surface area contributed by atoms with E-state index in [9.17, 15) is 8.42 Å². The summed E-state index contributed by atoms with van der Waals surface area (Å²) in [5.41, 5.74) is 2.42. The van der Waals surface area contributed by atoms with Gasteiger partial charge in [0, 0.05) is 6.26 Å². The Labute approximate surface area is 98.6 Å². The third-order valence-electron chi connectivity index (χ3n) is 2.61. The minimum absolute atomic E-state index is 0.431. The first kappa shape index (κ1) is 13.2. The maximum absolute atomic E-state index is 11.5. The zero-order valence-corrected chi connectivity index (χ0v) is 11.3. The largest absolute Gasteiger partial charge is 0.224 e. The molecular formula is C13H20O2S. The topological polar surface area (TPSA) is 34.1 Å². The van der Waals surface area contributed by atoms with Crippen molar-refractivity contribution in [3.63, 3.8) is 0 Å². The summed E-state index contributed by atoms with van der Waals surface area (Å²) in [7, 11) is -3.09. The van der Waals surface area contributed by atoms with Crippen molar-refractivity contribution >= 4 is 9.84 Å². The van der Waals surface area contributed by atoms with Crippen LogP contribution in [0.3, 0.4) is 0 Å². The molecule has 0 N–H and O–H groups in total. The monoisotopic (exact) mass is 240 g/mol. The third kappa shape index (κ3) is 3.34. The van der Waals surface area contributed by atoms with Crippen LogP contribution >= 0.6 is 0 Å². The molecule has 3 heteroatoms. The lowest BCUT2D eigenvalue weighted by Crippen LogP contribution is -2.03. The van der Waals surface area contributed by atoms with Crippen molar-refractivity contribution in [2.75, 3.05) is 6.26 Å². The molecule has 0 heterocycles. The predicted molar refractivity (Wildman–Crippen MR) is 67.5 cm³/mol. The molecule has 0 aliphatic heterocycles.